The van der Waals surface area contributed by atoms with E-state index in [1.54, 1.807) is 30.3 Å². The van der Waals surface area contributed by atoms with E-state index in [1.807, 2.05) is 0 Å². The van der Waals surface area contributed by atoms with Gasteiger partial charge in [0.15, 0.2) is 0 Å². The number of carbonyl (C=O) groups is 2. The van der Waals surface area contributed by atoms with Crippen LogP contribution in [-0.2, 0) is 4.79 Å². The number of phenolic OH excluding ortho intramolecular Hbond substituents is 1. The molecule has 7 nitrogen and oxygen atoms in total. The first kappa shape index (κ1) is 15.1. The fraction of sp³-hybridized carbons (Fsp3) is 0.312. The Kier molecular flexibility index (Phi) is 4.27. The van der Waals surface area contributed by atoms with Crippen LogP contribution >= 0.6 is 0 Å². The summed E-state index contributed by atoms with van der Waals surface area (Å²) in [6.07, 6.45) is 2.45. The Hall–Kier alpha value is -2.83. The second-order valence-corrected chi connectivity index (χ2v) is 5.53. The Labute approximate surface area is 133 Å². The number of nitrogens with one attached hydrogen (secondary N) is 3. The summed E-state index contributed by atoms with van der Waals surface area (Å²) in [5, 5.41) is 21.6. The lowest BCUT2D eigenvalue weighted by Gasteiger charge is -2.14. The van der Waals surface area contributed by atoms with Gasteiger partial charge in [0.1, 0.15) is 17.5 Å². The molecule has 0 saturated carbocycles. The van der Waals surface area contributed by atoms with Crippen molar-refractivity contribution in [3.63, 3.8) is 0 Å². The molecular formula is C16H18N4O3. The summed E-state index contributed by atoms with van der Waals surface area (Å²) in [6.45, 7) is 0.653. The topological polar surface area (TPSA) is 107 Å². The van der Waals surface area contributed by atoms with Gasteiger partial charge in [-0.25, -0.2) is 0 Å². The van der Waals surface area contributed by atoms with Crippen LogP contribution in [0, 0.1) is 0 Å². The fourth-order valence-corrected chi connectivity index (χ4v) is 2.53. The van der Waals surface area contributed by atoms with Crippen molar-refractivity contribution >= 4 is 11.8 Å². The van der Waals surface area contributed by atoms with Crippen molar-refractivity contribution in [3.8, 4) is 17.0 Å². The van der Waals surface area contributed by atoms with E-state index >= 15 is 0 Å². The normalized spacial score (nSPS) is 18.1. The number of nitrogens with zero attached hydrogens (tertiary/aromatic N) is 1. The van der Waals surface area contributed by atoms with Crippen molar-refractivity contribution in [2.45, 2.75) is 25.3 Å². The van der Waals surface area contributed by atoms with E-state index in [-0.39, 0.29) is 17.6 Å². The molecule has 2 amide bonds. The van der Waals surface area contributed by atoms with Crippen LogP contribution in [-0.4, -0.2) is 39.7 Å². The molecule has 0 bridgehead atoms. The lowest BCUT2D eigenvalue weighted by Crippen LogP contribution is -2.45. The number of amides is 2. The minimum Gasteiger partial charge on any atom is -0.508 e. The molecular weight excluding hydrogens is 296 g/mol. The van der Waals surface area contributed by atoms with Crippen molar-refractivity contribution in [2.24, 2.45) is 0 Å². The Morgan fingerprint density at radius 2 is 2.04 bits per heavy atom. The summed E-state index contributed by atoms with van der Waals surface area (Å²) in [5.41, 5.74) is 1.68. The summed E-state index contributed by atoms with van der Waals surface area (Å²) in [5.74, 6) is -0.333. The number of aromatic hydroxyl groups is 1. The first-order valence-electron chi connectivity index (χ1n) is 7.57. The number of aromatic nitrogens is 2. The molecule has 0 spiro atoms. The third-order valence-corrected chi connectivity index (χ3v) is 3.83. The van der Waals surface area contributed by atoms with Crippen LogP contribution in [0.15, 0.2) is 30.3 Å². The molecule has 120 valence electrons. The minimum atomic E-state index is -0.509. The predicted octanol–water partition coefficient (Wildman–Crippen LogP) is 1.18. The van der Waals surface area contributed by atoms with E-state index in [0.29, 0.717) is 24.4 Å². The monoisotopic (exact) mass is 314 g/mol. The maximum absolute atomic E-state index is 12.3. The summed E-state index contributed by atoms with van der Waals surface area (Å²) in [4.78, 5) is 24.1. The van der Waals surface area contributed by atoms with Gasteiger partial charge in [-0.2, -0.15) is 5.10 Å². The number of benzene rings is 1. The van der Waals surface area contributed by atoms with Crippen LogP contribution in [0.3, 0.4) is 0 Å². The highest BCUT2D eigenvalue weighted by atomic mass is 16.3. The van der Waals surface area contributed by atoms with Crippen LogP contribution < -0.4 is 10.6 Å². The number of carbonyl (C=O) groups excluding carboxylic acids is 2. The zero-order valence-corrected chi connectivity index (χ0v) is 12.5. The third kappa shape index (κ3) is 3.50. The molecule has 1 aliphatic rings. The smallest absolute Gasteiger partial charge is 0.269 e. The van der Waals surface area contributed by atoms with Gasteiger partial charge in [-0.15, -0.1) is 0 Å². The molecule has 3 rings (SSSR count). The standard InChI is InChI=1S/C16H18N4O3/c21-11-6-4-10(5-7-11)13-9-14(20-19-13)16(23)18-12-3-1-2-8-17-15(12)22/h4-7,9,12,21H,1-3,8H2,(H,17,22)(H,18,23)(H,19,20). The predicted molar refractivity (Wildman–Crippen MR) is 83.8 cm³/mol. The molecule has 4 N–H and O–H groups in total. The zero-order valence-electron chi connectivity index (χ0n) is 12.5. The van der Waals surface area contributed by atoms with Crippen molar-refractivity contribution in [1.29, 1.82) is 0 Å². The Bertz CT molecular complexity index is 708. The molecule has 2 heterocycles. The van der Waals surface area contributed by atoms with Gasteiger partial charge in [0.05, 0.1) is 5.69 Å². The SMILES string of the molecule is O=C(NC1CCCCNC1=O)c1cc(-c2ccc(O)cc2)n[nH]1. The lowest BCUT2D eigenvalue weighted by atomic mass is 10.1. The number of rotatable bonds is 3. The highest BCUT2D eigenvalue weighted by molar-refractivity contribution is 5.96. The molecule has 1 aromatic carbocycles. The van der Waals surface area contributed by atoms with E-state index in [2.05, 4.69) is 20.8 Å². The van der Waals surface area contributed by atoms with Crippen molar-refractivity contribution < 1.29 is 14.7 Å². The fourth-order valence-electron chi connectivity index (χ4n) is 2.53. The molecule has 2 aromatic rings. The van der Waals surface area contributed by atoms with Crippen LogP contribution in [0.25, 0.3) is 11.3 Å². The van der Waals surface area contributed by atoms with Gasteiger partial charge in [-0.3, -0.25) is 14.7 Å². The van der Waals surface area contributed by atoms with Crippen LogP contribution in [0.1, 0.15) is 29.8 Å². The zero-order chi connectivity index (χ0) is 16.2. The molecule has 1 unspecified atom stereocenters. The van der Waals surface area contributed by atoms with Crippen molar-refractivity contribution in [1.82, 2.24) is 20.8 Å². The average Bonchev–Trinajstić information content (AvgIpc) is 2.95. The number of aromatic amines is 1. The maximum atomic E-state index is 12.3. The van der Waals surface area contributed by atoms with E-state index in [4.69, 9.17) is 0 Å². The van der Waals surface area contributed by atoms with Gasteiger partial charge in [-0.1, -0.05) is 0 Å². The highest BCUT2D eigenvalue weighted by Gasteiger charge is 2.23. The number of hydrogen-bond acceptors (Lipinski definition) is 4. The quantitative estimate of drug-likeness (QED) is 0.682. The highest BCUT2D eigenvalue weighted by Crippen LogP contribution is 2.20. The number of H-pyrrole nitrogens is 1. The number of hydrogen-bond donors (Lipinski definition) is 4. The first-order valence-corrected chi connectivity index (χ1v) is 7.57. The van der Waals surface area contributed by atoms with E-state index in [9.17, 15) is 14.7 Å². The second-order valence-electron chi connectivity index (χ2n) is 5.53. The Morgan fingerprint density at radius 3 is 2.83 bits per heavy atom. The van der Waals surface area contributed by atoms with Crippen molar-refractivity contribution in [2.75, 3.05) is 6.54 Å². The van der Waals surface area contributed by atoms with E-state index < -0.39 is 6.04 Å². The molecule has 1 aromatic heterocycles. The Morgan fingerprint density at radius 1 is 1.26 bits per heavy atom. The van der Waals surface area contributed by atoms with E-state index in [0.717, 1.165) is 18.4 Å². The molecule has 1 fully saturated rings. The molecule has 1 atom stereocenters. The van der Waals surface area contributed by atoms with Gasteiger partial charge in [0, 0.05) is 12.1 Å². The van der Waals surface area contributed by atoms with Gasteiger partial charge >= 0.3 is 0 Å². The average molecular weight is 314 g/mol. The van der Waals surface area contributed by atoms with Crippen LogP contribution in [0.4, 0.5) is 0 Å². The summed E-state index contributed by atoms with van der Waals surface area (Å²) in [7, 11) is 0. The molecule has 0 radical (unpaired) electrons. The lowest BCUT2D eigenvalue weighted by molar-refractivity contribution is -0.122. The molecule has 23 heavy (non-hydrogen) atoms. The summed E-state index contributed by atoms with van der Waals surface area (Å²) in [6, 6.07) is 7.65. The van der Waals surface area contributed by atoms with Gasteiger partial charge in [-0.05, 0) is 49.6 Å². The molecule has 1 saturated heterocycles. The summed E-state index contributed by atoms with van der Waals surface area (Å²) >= 11 is 0. The van der Waals surface area contributed by atoms with E-state index in [1.165, 1.54) is 0 Å². The maximum Gasteiger partial charge on any atom is 0.269 e. The largest absolute Gasteiger partial charge is 0.508 e. The first-order chi connectivity index (χ1) is 11.1. The molecule has 1 aliphatic heterocycles. The second kappa shape index (κ2) is 6.51. The molecule has 7 heteroatoms. The van der Waals surface area contributed by atoms with Gasteiger partial charge < -0.3 is 15.7 Å². The van der Waals surface area contributed by atoms with Gasteiger partial charge in [0.25, 0.3) is 5.91 Å². The number of phenols is 1. The molecule has 0 aliphatic carbocycles. The van der Waals surface area contributed by atoms with Crippen LogP contribution in [0.2, 0.25) is 0 Å². The van der Waals surface area contributed by atoms with Crippen molar-refractivity contribution in [3.05, 3.63) is 36.0 Å². The van der Waals surface area contributed by atoms with Crippen LogP contribution in [0.5, 0.6) is 5.75 Å². The van der Waals surface area contributed by atoms with Gasteiger partial charge in [0.2, 0.25) is 5.91 Å². The summed E-state index contributed by atoms with van der Waals surface area (Å²) < 4.78 is 0. The Balaban J connectivity index is 1.70. The third-order valence-electron chi connectivity index (χ3n) is 3.83. The minimum absolute atomic E-state index is 0.144.